The molecule has 2 aliphatic rings. The van der Waals surface area contributed by atoms with Gasteiger partial charge in [0.15, 0.2) is 5.17 Å². The molecule has 1 N–H and O–H groups in total. The van der Waals surface area contributed by atoms with Crippen molar-refractivity contribution in [3.8, 4) is 0 Å². The van der Waals surface area contributed by atoms with Gasteiger partial charge in [0, 0.05) is 11.8 Å². The van der Waals surface area contributed by atoms with Crippen LogP contribution in [0.3, 0.4) is 0 Å². The second-order valence-electron chi connectivity index (χ2n) is 5.81. The lowest BCUT2D eigenvalue weighted by molar-refractivity contribution is 0.247. The topological polar surface area (TPSA) is 27.6 Å². The Morgan fingerprint density at radius 3 is 2.75 bits per heavy atom. The predicted molar refractivity (Wildman–Crippen MR) is 87.5 cm³/mol. The summed E-state index contributed by atoms with van der Waals surface area (Å²) in [7, 11) is 2.20. The van der Waals surface area contributed by atoms with E-state index in [4.69, 9.17) is 4.99 Å². The number of nitrogens with one attached hydrogen (secondary N) is 1. The van der Waals surface area contributed by atoms with Gasteiger partial charge in [0.25, 0.3) is 0 Å². The van der Waals surface area contributed by atoms with Crippen molar-refractivity contribution < 1.29 is 0 Å². The molecule has 3 nitrogen and oxygen atoms in total. The van der Waals surface area contributed by atoms with Gasteiger partial charge in [-0.05, 0) is 45.0 Å². The molecule has 20 heavy (non-hydrogen) atoms. The monoisotopic (exact) mass is 289 g/mol. The first-order valence-corrected chi connectivity index (χ1v) is 8.48. The molecule has 1 unspecified atom stereocenters. The molecule has 0 radical (unpaired) electrons. The molecule has 1 atom stereocenters. The van der Waals surface area contributed by atoms with E-state index in [9.17, 15) is 0 Å². The van der Waals surface area contributed by atoms with Crippen molar-refractivity contribution in [1.29, 1.82) is 0 Å². The van der Waals surface area contributed by atoms with Crippen LogP contribution in [0.1, 0.15) is 18.4 Å². The molecule has 1 saturated heterocycles. The third-order valence-corrected chi connectivity index (χ3v) is 5.12. The molecular weight excluding hydrogens is 266 g/mol. The number of rotatable bonds is 3. The fourth-order valence-electron chi connectivity index (χ4n) is 2.81. The summed E-state index contributed by atoms with van der Waals surface area (Å²) in [6.07, 6.45) is 3.53. The molecule has 0 aromatic heterocycles. The Bertz CT molecular complexity index is 452. The van der Waals surface area contributed by atoms with E-state index in [0.717, 1.165) is 12.2 Å². The predicted octanol–water partition coefficient (Wildman–Crippen LogP) is 2.38. The van der Waals surface area contributed by atoms with E-state index < -0.39 is 0 Å². The standard InChI is InChI=1S/C16H23N3S/c1-19-9-7-14(8-10-19)17-16-18-15(12-20-16)11-13-5-3-2-4-6-13/h2-6,14-15H,7-12H2,1H3,(H,17,18). The smallest absolute Gasteiger partial charge is 0.157 e. The first-order chi connectivity index (χ1) is 9.79. The molecule has 0 saturated carbocycles. The summed E-state index contributed by atoms with van der Waals surface area (Å²) < 4.78 is 0. The fourth-order valence-corrected chi connectivity index (χ4v) is 3.83. The van der Waals surface area contributed by atoms with Crippen molar-refractivity contribution in [2.75, 3.05) is 25.9 Å². The Morgan fingerprint density at radius 2 is 2.00 bits per heavy atom. The summed E-state index contributed by atoms with van der Waals surface area (Å²) in [6.45, 7) is 2.39. The zero-order chi connectivity index (χ0) is 13.8. The maximum Gasteiger partial charge on any atom is 0.157 e. The highest BCUT2D eigenvalue weighted by atomic mass is 32.2. The molecule has 108 valence electrons. The number of thioether (sulfide) groups is 1. The van der Waals surface area contributed by atoms with E-state index in [1.807, 2.05) is 11.8 Å². The number of nitrogens with zero attached hydrogens (tertiary/aromatic N) is 2. The molecule has 0 aliphatic carbocycles. The number of aliphatic imine (C=N–C) groups is 1. The van der Waals surface area contributed by atoms with Gasteiger partial charge >= 0.3 is 0 Å². The first kappa shape index (κ1) is 14.0. The van der Waals surface area contributed by atoms with E-state index in [-0.39, 0.29) is 0 Å². The Hall–Kier alpha value is -1.00. The van der Waals surface area contributed by atoms with Crippen molar-refractivity contribution in [3.05, 3.63) is 35.9 Å². The lowest BCUT2D eigenvalue weighted by Gasteiger charge is -2.29. The second-order valence-corrected chi connectivity index (χ2v) is 6.82. The highest BCUT2D eigenvalue weighted by Gasteiger charge is 2.22. The molecule has 1 fully saturated rings. The molecule has 1 aromatic carbocycles. The molecule has 0 amide bonds. The summed E-state index contributed by atoms with van der Waals surface area (Å²) in [5, 5.41) is 4.81. The quantitative estimate of drug-likeness (QED) is 0.926. The van der Waals surface area contributed by atoms with Crippen LogP contribution in [0, 0.1) is 0 Å². The highest BCUT2D eigenvalue weighted by molar-refractivity contribution is 8.14. The fraction of sp³-hybridized carbons (Fsp3) is 0.562. The third kappa shape index (κ3) is 3.76. The number of piperidine rings is 1. The van der Waals surface area contributed by atoms with Crippen LogP contribution in [-0.4, -0.2) is 48.0 Å². The first-order valence-electron chi connectivity index (χ1n) is 7.49. The average Bonchev–Trinajstić information content (AvgIpc) is 2.90. The van der Waals surface area contributed by atoms with Crippen LogP contribution >= 0.6 is 11.8 Å². The normalized spacial score (nSPS) is 24.6. The Labute approximate surface area is 125 Å². The minimum atomic E-state index is 0.441. The van der Waals surface area contributed by atoms with Crippen molar-refractivity contribution >= 4 is 16.9 Å². The molecule has 0 spiro atoms. The van der Waals surface area contributed by atoms with Crippen LogP contribution in [0.5, 0.6) is 0 Å². The summed E-state index contributed by atoms with van der Waals surface area (Å²) in [5.74, 6) is 1.11. The minimum Gasteiger partial charge on any atom is -0.362 e. The van der Waals surface area contributed by atoms with Gasteiger partial charge in [-0.2, -0.15) is 0 Å². The van der Waals surface area contributed by atoms with Crippen LogP contribution in [0.15, 0.2) is 35.3 Å². The molecule has 1 aromatic rings. The van der Waals surface area contributed by atoms with E-state index in [2.05, 4.69) is 47.6 Å². The van der Waals surface area contributed by atoms with Crippen LogP contribution in [-0.2, 0) is 6.42 Å². The maximum atomic E-state index is 4.85. The summed E-state index contributed by atoms with van der Waals surface area (Å²) in [4.78, 5) is 7.25. The van der Waals surface area contributed by atoms with Crippen LogP contribution in [0.2, 0.25) is 0 Å². The van der Waals surface area contributed by atoms with Gasteiger partial charge in [-0.25, -0.2) is 0 Å². The Morgan fingerprint density at radius 1 is 1.25 bits per heavy atom. The van der Waals surface area contributed by atoms with Gasteiger partial charge in [-0.15, -0.1) is 0 Å². The van der Waals surface area contributed by atoms with Crippen LogP contribution < -0.4 is 5.32 Å². The van der Waals surface area contributed by atoms with Crippen LogP contribution in [0.4, 0.5) is 0 Å². The van der Waals surface area contributed by atoms with Gasteiger partial charge in [0.2, 0.25) is 0 Å². The van der Waals surface area contributed by atoms with E-state index >= 15 is 0 Å². The van der Waals surface area contributed by atoms with Gasteiger partial charge < -0.3 is 10.2 Å². The zero-order valence-corrected chi connectivity index (χ0v) is 12.9. The maximum absolute atomic E-state index is 4.85. The van der Waals surface area contributed by atoms with Gasteiger partial charge in [0.05, 0.1) is 6.04 Å². The largest absolute Gasteiger partial charge is 0.362 e. The molecule has 3 rings (SSSR count). The lowest BCUT2D eigenvalue weighted by atomic mass is 10.1. The number of hydrogen-bond donors (Lipinski definition) is 1. The number of amidine groups is 1. The lowest BCUT2D eigenvalue weighted by Crippen LogP contribution is -2.42. The van der Waals surface area contributed by atoms with Gasteiger partial charge in [0.1, 0.15) is 0 Å². The minimum absolute atomic E-state index is 0.441. The number of likely N-dealkylation sites (tertiary alicyclic amines) is 1. The number of hydrogen-bond acceptors (Lipinski definition) is 4. The SMILES string of the molecule is CN1CCC(NC2=NC(Cc3ccccc3)CS2)CC1. The Balaban J connectivity index is 1.50. The third-order valence-electron chi connectivity index (χ3n) is 4.07. The van der Waals surface area contributed by atoms with Crippen molar-refractivity contribution in [1.82, 2.24) is 10.2 Å². The van der Waals surface area contributed by atoms with E-state index in [1.54, 1.807) is 0 Å². The summed E-state index contributed by atoms with van der Waals surface area (Å²) in [6, 6.07) is 11.7. The summed E-state index contributed by atoms with van der Waals surface area (Å²) >= 11 is 1.89. The number of benzene rings is 1. The average molecular weight is 289 g/mol. The van der Waals surface area contributed by atoms with Gasteiger partial charge in [-0.3, -0.25) is 4.99 Å². The van der Waals surface area contributed by atoms with Crippen molar-refractivity contribution in [3.63, 3.8) is 0 Å². The second kappa shape index (κ2) is 6.64. The van der Waals surface area contributed by atoms with Gasteiger partial charge in [-0.1, -0.05) is 42.1 Å². The molecule has 0 bridgehead atoms. The van der Waals surface area contributed by atoms with E-state index in [0.29, 0.717) is 12.1 Å². The highest BCUT2D eigenvalue weighted by Crippen LogP contribution is 2.21. The van der Waals surface area contributed by atoms with Crippen molar-refractivity contribution in [2.45, 2.75) is 31.3 Å². The van der Waals surface area contributed by atoms with Crippen molar-refractivity contribution in [2.24, 2.45) is 4.99 Å². The zero-order valence-electron chi connectivity index (χ0n) is 12.1. The Kier molecular flexibility index (Phi) is 4.63. The molecular formula is C16H23N3S. The molecule has 2 aliphatic heterocycles. The van der Waals surface area contributed by atoms with E-state index in [1.165, 1.54) is 36.7 Å². The molecule has 4 heteroatoms. The molecule has 2 heterocycles. The van der Waals surface area contributed by atoms with Crippen LogP contribution in [0.25, 0.3) is 0 Å². The summed E-state index contributed by atoms with van der Waals surface area (Å²) in [5.41, 5.74) is 1.39.